The second-order valence-electron chi connectivity index (χ2n) is 5.56. The van der Waals surface area contributed by atoms with E-state index >= 15 is 0 Å². The minimum atomic E-state index is 0. The van der Waals surface area contributed by atoms with Crippen LogP contribution in [-0.4, -0.2) is 36.1 Å². The van der Waals surface area contributed by atoms with E-state index in [4.69, 9.17) is 19.9 Å². The van der Waals surface area contributed by atoms with Gasteiger partial charge in [0.25, 0.3) is 13.5 Å². The fourth-order valence-corrected chi connectivity index (χ4v) is 2.16. The molecule has 8 nitrogen and oxygen atoms in total. The summed E-state index contributed by atoms with van der Waals surface area (Å²) < 4.78 is 15.0. The third-order valence-electron chi connectivity index (χ3n) is 3.56. The van der Waals surface area contributed by atoms with E-state index in [1.807, 2.05) is 58.2 Å². The van der Waals surface area contributed by atoms with Crippen molar-refractivity contribution >= 4 is 12.4 Å². The van der Waals surface area contributed by atoms with E-state index in [1.165, 1.54) is 12.4 Å². The van der Waals surface area contributed by atoms with Crippen LogP contribution in [-0.2, 0) is 22.9 Å². The average Bonchev–Trinajstić information content (AvgIpc) is 2.67. The summed E-state index contributed by atoms with van der Waals surface area (Å²) >= 11 is 0. The molecule has 0 aliphatic carbocycles. The Bertz CT molecular complexity index is 636. The Labute approximate surface area is 176 Å². The lowest BCUT2D eigenvalue weighted by Gasteiger charge is -2.02. The zero-order chi connectivity index (χ0) is 18.5. The van der Waals surface area contributed by atoms with Gasteiger partial charge in [0, 0.05) is 35.4 Å². The lowest BCUT2D eigenvalue weighted by molar-refractivity contribution is -0.733. The monoisotopic (exact) mass is 430 g/mol. The molecule has 0 radical (unpaired) electrons. The number of rotatable bonds is 11. The van der Waals surface area contributed by atoms with Gasteiger partial charge >= 0.3 is 0 Å². The van der Waals surface area contributed by atoms with E-state index in [0.717, 1.165) is 24.0 Å². The van der Waals surface area contributed by atoms with Crippen LogP contribution in [0.2, 0.25) is 0 Å². The second-order valence-corrected chi connectivity index (χ2v) is 5.56. The molecule has 0 atom stereocenters. The average molecular weight is 431 g/mol. The van der Waals surface area contributed by atoms with Crippen LogP contribution in [0.4, 0.5) is 0 Å². The highest BCUT2D eigenvalue weighted by molar-refractivity contribution is 5.78. The third-order valence-corrected chi connectivity index (χ3v) is 3.56. The molecule has 154 valence electrons. The largest absolute Gasteiger partial charge is 1.00 e. The minimum Gasteiger partial charge on any atom is -1.00 e. The summed E-state index contributed by atoms with van der Waals surface area (Å²) in [7, 11) is 0. The number of halogens is 2. The van der Waals surface area contributed by atoms with Gasteiger partial charge in [-0.05, 0) is 12.8 Å². The summed E-state index contributed by atoms with van der Waals surface area (Å²) in [5.41, 5.74) is 1.66. The lowest BCUT2D eigenvalue weighted by atomic mass is 10.3. The molecule has 0 unspecified atom stereocenters. The first-order chi connectivity index (χ1) is 12.8. The predicted molar refractivity (Wildman–Crippen MR) is 93.2 cm³/mol. The van der Waals surface area contributed by atoms with Gasteiger partial charge in [0.2, 0.25) is 0 Å². The Kier molecular flexibility index (Phi) is 14.5. The number of oxime groups is 2. The molecular weight excluding hydrogens is 407 g/mol. The number of aromatic nitrogens is 2. The molecule has 0 saturated carbocycles. The predicted octanol–water partition coefficient (Wildman–Crippen LogP) is -4.69. The normalized spacial score (nSPS) is 10.7. The van der Waals surface area contributed by atoms with Crippen molar-refractivity contribution in [1.29, 1.82) is 0 Å². The number of pyridine rings is 2. The summed E-state index contributed by atoms with van der Waals surface area (Å²) in [5, 5.41) is 22.9. The maximum Gasteiger partial charge on any atom is 0.252 e. The highest BCUT2D eigenvalue weighted by Crippen LogP contribution is 1.94. The SMILES string of the molecule is O/N=C\c1cc[n+](COCCCCOC[n+]2ccc(/C=N\O)cc2)cc1.[Cl-].[Cl-]. The molecule has 0 bridgehead atoms. The molecular formula is C18H24Cl2N4O4. The molecule has 0 aliphatic heterocycles. The molecule has 2 aromatic rings. The van der Waals surface area contributed by atoms with E-state index in [1.54, 1.807) is 0 Å². The van der Waals surface area contributed by atoms with Crippen molar-refractivity contribution in [3.8, 4) is 0 Å². The molecule has 0 aromatic carbocycles. The number of hydrogen-bond donors (Lipinski definition) is 2. The van der Waals surface area contributed by atoms with Crippen molar-refractivity contribution < 1.29 is 53.8 Å². The molecule has 10 heteroatoms. The minimum absolute atomic E-state index is 0. The van der Waals surface area contributed by atoms with Crippen molar-refractivity contribution in [3.63, 3.8) is 0 Å². The van der Waals surface area contributed by atoms with Crippen LogP contribution in [0.5, 0.6) is 0 Å². The number of hydrogen-bond acceptors (Lipinski definition) is 6. The fourth-order valence-electron chi connectivity index (χ4n) is 2.16. The van der Waals surface area contributed by atoms with Crippen LogP contribution in [0.3, 0.4) is 0 Å². The van der Waals surface area contributed by atoms with Crippen LogP contribution in [0.15, 0.2) is 59.4 Å². The van der Waals surface area contributed by atoms with E-state index in [-0.39, 0.29) is 24.8 Å². The van der Waals surface area contributed by atoms with Crippen molar-refractivity contribution in [3.05, 3.63) is 60.2 Å². The summed E-state index contributed by atoms with van der Waals surface area (Å²) in [6, 6.07) is 7.38. The molecule has 0 amide bonds. The molecule has 0 spiro atoms. The topological polar surface area (TPSA) is 91.4 Å². The smallest absolute Gasteiger partial charge is 0.252 e. The zero-order valence-electron chi connectivity index (χ0n) is 15.3. The maximum absolute atomic E-state index is 8.46. The molecule has 0 fully saturated rings. The van der Waals surface area contributed by atoms with Gasteiger partial charge in [-0.2, -0.15) is 9.13 Å². The van der Waals surface area contributed by atoms with Gasteiger partial charge in [0.05, 0.1) is 25.6 Å². The lowest BCUT2D eigenvalue weighted by Crippen LogP contribution is -3.00. The Balaban J connectivity index is 0.00000364. The number of ether oxygens (including phenoxy) is 2. The summed E-state index contributed by atoms with van der Waals surface area (Å²) in [6.45, 7) is 2.30. The molecule has 0 aliphatic rings. The molecule has 0 saturated heterocycles. The Hall–Kier alpha value is -2.26. The first-order valence-electron chi connectivity index (χ1n) is 8.30. The van der Waals surface area contributed by atoms with Crippen molar-refractivity contribution in [1.82, 2.24) is 0 Å². The molecule has 28 heavy (non-hydrogen) atoms. The Morgan fingerprint density at radius 3 is 1.39 bits per heavy atom. The van der Waals surface area contributed by atoms with Crippen molar-refractivity contribution in [2.24, 2.45) is 10.3 Å². The van der Waals surface area contributed by atoms with Crippen LogP contribution in [0.25, 0.3) is 0 Å². The van der Waals surface area contributed by atoms with Gasteiger partial charge in [0.1, 0.15) is 0 Å². The van der Waals surface area contributed by atoms with Gasteiger partial charge in [-0.25, -0.2) is 0 Å². The van der Waals surface area contributed by atoms with Crippen molar-refractivity contribution in [2.45, 2.75) is 26.3 Å². The summed E-state index contributed by atoms with van der Waals surface area (Å²) in [5.74, 6) is 0. The van der Waals surface area contributed by atoms with Gasteiger partial charge in [-0.1, -0.05) is 10.3 Å². The Morgan fingerprint density at radius 1 is 0.714 bits per heavy atom. The molecule has 2 N–H and O–H groups in total. The van der Waals surface area contributed by atoms with Crippen LogP contribution < -0.4 is 33.9 Å². The molecule has 2 aromatic heterocycles. The summed E-state index contributed by atoms with van der Waals surface area (Å²) in [4.78, 5) is 0. The van der Waals surface area contributed by atoms with Crippen molar-refractivity contribution in [2.75, 3.05) is 13.2 Å². The first kappa shape index (κ1) is 25.7. The van der Waals surface area contributed by atoms with E-state index in [0.29, 0.717) is 26.7 Å². The fraction of sp³-hybridized carbons (Fsp3) is 0.333. The third kappa shape index (κ3) is 10.2. The van der Waals surface area contributed by atoms with Crippen LogP contribution >= 0.6 is 0 Å². The first-order valence-corrected chi connectivity index (χ1v) is 8.30. The van der Waals surface area contributed by atoms with E-state index < -0.39 is 0 Å². The van der Waals surface area contributed by atoms with Gasteiger partial charge in [-0.3, -0.25) is 0 Å². The van der Waals surface area contributed by atoms with Crippen LogP contribution in [0.1, 0.15) is 24.0 Å². The number of unbranched alkanes of at least 4 members (excludes halogenated alkanes) is 1. The number of nitrogens with zero attached hydrogens (tertiary/aromatic N) is 4. The highest BCUT2D eigenvalue weighted by Gasteiger charge is 2.02. The van der Waals surface area contributed by atoms with E-state index in [9.17, 15) is 0 Å². The van der Waals surface area contributed by atoms with E-state index in [2.05, 4.69) is 10.3 Å². The quantitative estimate of drug-likeness (QED) is 0.123. The van der Waals surface area contributed by atoms with Gasteiger partial charge < -0.3 is 44.7 Å². The Morgan fingerprint density at radius 2 is 1.07 bits per heavy atom. The summed E-state index contributed by atoms with van der Waals surface area (Å²) in [6.07, 6.45) is 12.1. The zero-order valence-corrected chi connectivity index (χ0v) is 16.8. The van der Waals surface area contributed by atoms with Gasteiger partial charge in [-0.15, -0.1) is 0 Å². The molecule has 2 rings (SSSR count). The second kappa shape index (κ2) is 15.8. The standard InChI is InChI=1S/C18H22N4O4.2ClH/c23-19-13-17-3-7-21(8-4-17)15-25-11-1-2-12-26-16-22-9-5-18(6-10-22)14-20-24;;/h3-10,13-14H,1-2,11-12,15-16H2;2*1H. The highest BCUT2D eigenvalue weighted by atomic mass is 35.5. The molecule has 2 heterocycles. The van der Waals surface area contributed by atoms with Gasteiger partial charge in [0.15, 0.2) is 24.8 Å². The van der Waals surface area contributed by atoms with Crippen LogP contribution in [0, 0.1) is 0 Å². The maximum atomic E-state index is 8.46.